The Hall–Kier alpha value is -2.02. The predicted octanol–water partition coefficient (Wildman–Crippen LogP) is 2.04. The number of aromatic amines is 1. The zero-order valence-corrected chi connectivity index (χ0v) is 12.3. The van der Waals surface area contributed by atoms with Gasteiger partial charge in [-0.15, -0.1) is 0 Å². The Morgan fingerprint density at radius 3 is 3.10 bits per heavy atom. The van der Waals surface area contributed by atoms with Crippen LogP contribution >= 0.6 is 12.2 Å². The highest BCUT2D eigenvalue weighted by molar-refractivity contribution is 7.71. The molecule has 0 radical (unpaired) electrons. The van der Waals surface area contributed by atoms with Crippen LogP contribution in [0.25, 0.3) is 0 Å². The molecule has 2 atom stereocenters. The van der Waals surface area contributed by atoms with Gasteiger partial charge in [-0.1, -0.05) is 12.1 Å². The number of benzene rings is 1. The third-order valence-corrected chi connectivity index (χ3v) is 4.16. The molecule has 0 aliphatic heterocycles. The molecule has 1 aliphatic carbocycles. The van der Waals surface area contributed by atoms with Crippen LogP contribution in [0, 0.1) is 16.5 Å². The summed E-state index contributed by atoms with van der Waals surface area (Å²) in [4.78, 5) is 12.1. The van der Waals surface area contributed by atoms with Crippen molar-refractivity contribution in [3.8, 4) is 0 Å². The van der Waals surface area contributed by atoms with E-state index in [4.69, 9.17) is 12.2 Å². The van der Waals surface area contributed by atoms with Crippen molar-refractivity contribution in [1.29, 1.82) is 0 Å². The van der Waals surface area contributed by atoms with E-state index in [1.807, 2.05) is 6.07 Å². The van der Waals surface area contributed by atoms with Crippen molar-refractivity contribution < 1.29 is 9.18 Å². The number of hydrogen-bond donors (Lipinski definition) is 2. The molecule has 1 saturated carbocycles. The van der Waals surface area contributed by atoms with Crippen molar-refractivity contribution in [1.82, 2.24) is 20.1 Å². The first kappa shape index (κ1) is 13.9. The highest BCUT2D eigenvalue weighted by Gasteiger charge is 2.43. The zero-order valence-electron chi connectivity index (χ0n) is 11.5. The van der Waals surface area contributed by atoms with Crippen LogP contribution in [-0.2, 0) is 18.4 Å². The van der Waals surface area contributed by atoms with Crippen molar-refractivity contribution in [2.45, 2.75) is 18.9 Å². The normalized spacial score (nSPS) is 20.3. The number of rotatable bonds is 4. The minimum atomic E-state index is -0.264. The SMILES string of the molecule is Cn1c(CNC(=O)[C@H]2C[C@@H]2c2cccc(F)c2)n[nH]c1=S. The van der Waals surface area contributed by atoms with Gasteiger partial charge in [0, 0.05) is 13.0 Å². The lowest BCUT2D eigenvalue weighted by atomic mass is 10.1. The lowest BCUT2D eigenvalue weighted by Crippen LogP contribution is -2.26. The molecule has 5 nitrogen and oxygen atoms in total. The van der Waals surface area contributed by atoms with Crippen LogP contribution in [0.5, 0.6) is 0 Å². The van der Waals surface area contributed by atoms with Gasteiger partial charge in [0.2, 0.25) is 5.91 Å². The summed E-state index contributed by atoms with van der Waals surface area (Å²) < 4.78 is 15.4. The van der Waals surface area contributed by atoms with Crippen LogP contribution in [0.3, 0.4) is 0 Å². The molecule has 110 valence electrons. The number of nitrogens with one attached hydrogen (secondary N) is 2. The number of aromatic nitrogens is 3. The minimum absolute atomic E-state index is 0.0295. The zero-order chi connectivity index (χ0) is 15.0. The first-order valence-electron chi connectivity index (χ1n) is 6.69. The quantitative estimate of drug-likeness (QED) is 0.850. The predicted molar refractivity (Wildman–Crippen MR) is 77.5 cm³/mol. The standard InChI is InChI=1S/C14H15FN4OS/c1-19-12(17-18-14(19)21)7-16-13(20)11-6-10(11)8-3-2-4-9(15)5-8/h2-5,10-11H,6-7H2,1H3,(H,16,20)(H,18,21)/t10-,11+/m1/s1. The minimum Gasteiger partial charge on any atom is -0.349 e. The van der Waals surface area contributed by atoms with E-state index in [-0.39, 0.29) is 23.6 Å². The molecule has 1 amide bonds. The number of carbonyl (C=O) groups is 1. The van der Waals surface area contributed by atoms with Crippen LogP contribution in [-0.4, -0.2) is 20.7 Å². The lowest BCUT2D eigenvalue weighted by molar-refractivity contribution is -0.122. The molecule has 7 heteroatoms. The van der Waals surface area contributed by atoms with E-state index >= 15 is 0 Å². The smallest absolute Gasteiger partial charge is 0.224 e. The summed E-state index contributed by atoms with van der Waals surface area (Å²) in [6, 6.07) is 6.44. The number of amides is 1. The van der Waals surface area contributed by atoms with Gasteiger partial charge in [0.1, 0.15) is 5.82 Å². The van der Waals surface area contributed by atoms with E-state index < -0.39 is 0 Å². The maximum Gasteiger partial charge on any atom is 0.224 e. The van der Waals surface area contributed by atoms with Crippen molar-refractivity contribution in [2.24, 2.45) is 13.0 Å². The first-order valence-corrected chi connectivity index (χ1v) is 7.10. The van der Waals surface area contributed by atoms with Gasteiger partial charge in [-0.25, -0.2) is 4.39 Å². The molecule has 0 saturated heterocycles. The van der Waals surface area contributed by atoms with Gasteiger partial charge in [0.05, 0.1) is 6.54 Å². The highest BCUT2D eigenvalue weighted by atomic mass is 32.1. The highest BCUT2D eigenvalue weighted by Crippen LogP contribution is 2.47. The fourth-order valence-corrected chi connectivity index (χ4v) is 2.58. The van der Waals surface area contributed by atoms with E-state index in [1.165, 1.54) is 12.1 Å². The average molecular weight is 306 g/mol. The second-order valence-electron chi connectivity index (χ2n) is 5.23. The molecule has 2 N–H and O–H groups in total. The molecular formula is C14H15FN4OS. The Morgan fingerprint density at radius 2 is 2.43 bits per heavy atom. The monoisotopic (exact) mass is 306 g/mol. The molecule has 2 aromatic rings. The van der Waals surface area contributed by atoms with Gasteiger partial charge < -0.3 is 9.88 Å². The maximum absolute atomic E-state index is 13.2. The fourth-order valence-electron chi connectivity index (χ4n) is 2.43. The summed E-state index contributed by atoms with van der Waals surface area (Å²) in [5.74, 6) is 0.414. The molecule has 3 rings (SSSR count). The summed E-state index contributed by atoms with van der Waals surface area (Å²) in [5.41, 5.74) is 0.883. The van der Waals surface area contributed by atoms with Crippen molar-refractivity contribution in [2.75, 3.05) is 0 Å². The Bertz CT molecular complexity index is 739. The summed E-state index contributed by atoms with van der Waals surface area (Å²) in [7, 11) is 1.79. The second kappa shape index (κ2) is 5.40. The summed E-state index contributed by atoms with van der Waals surface area (Å²) in [6.07, 6.45) is 0.758. The van der Waals surface area contributed by atoms with Gasteiger partial charge in [0.15, 0.2) is 10.6 Å². The first-order chi connectivity index (χ1) is 10.1. The van der Waals surface area contributed by atoms with Gasteiger partial charge in [0.25, 0.3) is 0 Å². The summed E-state index contributed by atoms with van der Waals surface area (Å²) in [6.45, 7) is 0.328. The van der Waals surface area contributed by atoms with Crippen LogP contribution < -0.4 is 5.32 Å². The van der Waals surface area contributed by atoms with Gasteiger partial charge >= 0.3 is 0 Å². The van der Waals surface area contributed by atoms with E-state index in [0.717, 1.165) is 12.0 Å². The molecule has 1 heterocycles. The number of halogens is 1. The molecule has 0 spiro atoms. The Labute approximate surface area is 126 Å². The average Bonchev–Trinajstić information content (AvgIpc) is 3.20. The van der Waals surface area contributed by atoms with E-state index in [1.54, 1.807) is 17.7 Å². The Morgan fingerprint density at radius 1 is 1.62 bits per heavy atom. The number of hydrogen-bond acceptors (Lipinski definition) is 3. The van der Waals surface area contributed by atoms with Crippen LogP contribution in [0.15, 0.2) is 24.3 Å². The molecule has 21 heavy (non-hydrogen) atoms. The molecule has 1 aliphatic rings. The largest absolute Gasteiger partial charge is 0.349 e. The number of nitrogens with zero attached hydrogens (tertiary/aromatic N) is 2. The number of H-pyrrole nitrogens is 1. The molecule has 0 unspecified atom stereocenters. The molecular weight excluding hydrogens is 291 g/mol. The van der Waals surface area contributed by atoms with Gasteiger partial charge in [-0.3, -0.25) is 9.89 Å². The van der Waals surface area contributed by atoms with E-state index in [9.17, 15) is 9.18 Å². The second-order valence-corrected chi connectivity index (χ2v) is 5.61. The van der Waals surface area contributed by atoms with Gasteiger partial charge in [-0.05, 0) is 42.3 Å². The number of carbonyl (C=O) groups excluding carboxylic acids is 1. The summed E-state index contributed by atoms with van der Waals surface area (Å²) in [5, 5.41) is 9.55. The molecule has 1 aromatic heterocycles. The van der Waals surface area contributed by atoms with Crippen molar-refractivity contribution >= 4 is 18.1 Å². The van der Waals surface area contributed by atoms with Crippen LogP contribution in [0.1, 0.15) is 23.7 Å². The third-order valence-electron chi connectivity index (χ3n) is 3.80. The fraction of sp³-hybridized carbons (Fsp3) is 0.357. The van der Waals surface area contributed by atoms with Crippen molar-refractivity contribution in [3.63, 3.8) is 0 Å². The van der Waals surface area contributed by atoms with Crippen LogP contribution in [0.4, 0.5) is 4.39 Å². The third kappa shape index (κ3) is 2.87. The van der Waals surface area contributed by atoms with E-state index in [0.29, 0.717) is 17.1 Å². The van der Waals surface area contributed by atoms with E-state index in [2.05, 4.69) is 15.5 Å². The maximum atomic E-state index is 13.2. The van der Waals surface area contributed by atoms with Crippen LogP contribution in [0.2, 0.25) is 0 Å². The Balaban J connectivity index is 1.58. The lowest BCUT2D eigenvalue weighted by Gasteiger charge is -2.04. The molecule has 1 aromatic carbocycles. The summed E-state index contributed by atoms with van der Waals surface area (Å²) >= 11 is 5.01. The molecule has 1 fully saturated rings. The topological polar surface area (TPSA) is 62.7 Å². The molecule has 0 bridgehead atoms. The Kier molecular flexibility index (Phi) is 3.59. The van der Waals surface area contributed by atoms with Crippen molar-refractivity contribution in [3.05, 3.63) is 46.2 Å². The van der Waals surface area contributed by atoms with Gasteiger partial charge in [-0.2, -0.15) is 5.10 Å².